The standard InChI is InChI=1S/C10H13N3O3/c1-8-2-3-11-10(9(8)13(14)15)12-4-6-16-7-5-12/h2-3H,4-7H2,1H3. The van der Waals surface area contributed by atoms with E-state index in [-0.39, 0.29) is 10.6 Å². The van der Waals surface area contributed by atoms with Crippen molar-refractivity contribution < 1.29 is 9.66 Å². The lowest BCUT2D eigenvalue weighted by molar-refractivity contribution is -0.384. The molecule has 0 unspecified atom stereocenters. The average Bonchev–Trinajstić information content (AvgIpc) is 2.29. The van der Waals surface area contributed by atoms with Crippen molar-refractivity contribution in [3.05, 3.63) is 27.9 Å². The summed E-state index contributed by atoms with van der Waals surface area (Å²) >= 11 is 0. The van der Waals surface area contributed by atoms with Gasteiger partial charge in [-0.05, 0) is 13.0 Å². The van der Waals surface area contributed by atoms with E-state index in [9.17, 15) is 10.1 Å². The number of rotatable bonds is 2. The molecule has 0 radical (unpaired) electrons. The van der Waals surface area contributed by atoms with Crippen molar-refractivity contribution in [1.29, 1.82) is 0 Å². The van der Waals surface area contributed by atoms with Gasteiger partial charge in [0.05, 0.1) is 18.1 Å². The summed E-state index contributed by atoms with van der Waals surface area (Å²) in [6.45, 7) is 4.21. The lowest BCUT2D eigenvalue weighted by Crippen LogP contribution is -2.37. The van der Waals surface area contributed by atoms with Crippen LogP contribution in [0.3, 0.4) is 0 Å². The maximum Gasteiger partial charge on any atom is 0.314 e. The van der Waals surface area contributed by atoms with Crippen molar-refractivity contribution in [1.82, 2.24) is 4.98 Å². The van der Waals surface area contributed by atoms with E-state index in [4.69, 9.17) is 4.74 Å². The molecule has 0 saturated carbocycles. The molecule has 1 saturated heterocycles. The molecule has 1 aromatic rings. The number of hydrogen-bond donors (Lipinski definition) is 0. The van der Waals surface area contributed by atoms with Crippen LogP contribution in [0, 0.1) is 17.0 Å². The normalized spacial score (nSPS) is 16.2. The highest BCUT2D eigenvalue weighted by Crippen LogP contribution is 2.29. The monoisotopic (exact) mass is 223 g/mol. The van der Waals surface area contributed by atoms with Gasteiger partial charge in [-0.3, -0.25) is 10.1 Å². The van der Waals surface area contributed by atoms with E-state index in [0.29, 0.717) is 37.7 Å². The number of aromatic nitrogens is 1. The molecule has 0 aliphatic carbocycles. The Morgan fingerprint density at radius 1 is 1.50 bits per heavy atom. The molecule has 0 aromatic carbocycles. The van der Waals surface area contributed by atoms with Gasteiger partial charge in [0, 0.05) is 24.8 Å². The molecular weight excluding hydrogens is 210 g/mol. The van der Waals surface area contributed by atoms with Crippen LogP contribution >= 0.6 is 0 Å². The minimum Gasteiger partial charge on any atom is -0.378 e. The van der Waals surface area contributed by atoms with Gasteiger partial charge in [-0.15, -0.1) is 0 Å². The van der Waals surface area contributed by atoms with Gasteiger partial charge in [-0.1, -0.05) is 0 Å². The van der Waals surface area contributed by atoms with Crippen molar-refractivity contribution in [3.63, 3.8) is 0 Å². The first-order valence-corrected chi connectivity index (χ1v) is 5.13. The van der Waals surface area contributed by atoms with E-state index < -0.39 is 0 Å². The Morgan fingerprint density at radius 3 is 2.81 bits per heavy atom. The Hall–Kier alpha value is -1.69. The number of pyridine rings is 1. The second kappa shape index (κ2) is 4.44. The first-order chi connectivity index (χ1) is 7.70. The van der Waals surface area contributed by atoms with Crippen LogP contribution in [-0.4, -0.2) is 36.2 Å². The number of hydrogen-bond acceptors (Lipinski definition) is 5. The fourth-order valence-electron chi connectivity index (χ4n) is 1.77. The molecule has 0 N–H and O–H groups in total. The maximum atomic E-state index is 11.0. The van der Waals surface area contributed by atoms with Crippen LogP contribution in [0.25, 0.3) is 0 Å². The SMILES string of the molecule is Cc1ccnc(N2CCOCC2)c1[N+](=O)[O-]. The molecule has 2 rings (SSSR count). The molecule has 6 nitrogen and oxygen atoms in total. The minimum atomic E-state index is -0.368. The van der Waals surface area contributed by atoms with E-state index in [1.54, 1.807) is 19.2 Å². The largest absolute Gasteiger partial charge is 0.378 e. The van der Waals surface area contributed by atoms with Crippen molar-refractivity contribution in [3.8, 4) is 0 Å². The number of ether oxygens (including phenoxy) is 1. The van der Waals surface area contributed by atoms with Crippen LogP contribution in [0.4, 0.5) is 11.5 Å². The van der Waals surface area contributed by atoms with E-state index >= 15 is 0 Å². The summed E-state index contributed by atoms with van der Waals surface area (Å²) in [5.41, 5.74) is 0.742. The fourth-order valence-corrected chi connectivity index (χ4v) is 1.77. The van der Waals surface area contributed by atoms with Gasteiger partial charge in [-0.2, -0.15) is 0 Å². The summed E-state index contributed by atoms with van der Waals surface area (Å²) in [5, 5.41) is 11.0. The highest BCUT2D eigenvalue weighted by molar-refractivity contribution is 5.61. The Morgan fingerprint density at radius 2 is 2.19 bits per heavy atom. The van der Waals surface area contributed by atoms with Gasteiger partial charge in [0.15, 0.2) is 0 Å². The van der Waals surface area contributed by atoms with Crippen molar-refractivity contribution >= 4 is 11.5 Å². The van der Waals surface area contributed by atoms with Crippen LogP contribution in [0.1, 0.15) is 5.56 Å². The minimum absolute atomic E-state index is 0.101. The lowest BCUT2D eigenvalue weighted by Gasteiger charge is -2.27. The zero-order valence-electron chi connectivity index (χ0n) is 9.05. The highest BCUT2D eigenvalue weighted by atomic mass is 16.6. The Balaban J connectivity index is 2.38. The van der Waals surface area contributed by atoms with Gasteiger partial charge >= 0.3 is 5.69 Å². The van der Waals surface area contributed by atoms with Gasteiger partial charge in [-0.25, -0.2) is 4.98 Å². The van der Waals surface area contributed by atoms with Crippen molar-refractivity contribution in [2.75, 3.05) is 31.2 Å². The predicted octanol–water partition coefficient (Wildman–Crippen LogP) is 1.13. The lowest BCUT2D eigenvalue weighted by atomic mass is 10.2. The summed E-state index contributed by atoms with van der Waals surface area (Å²) in [6.07, 6.45) is 1.60. The maximum absolute atomic E-state index is 11.0. The summed E-state index contributed by atoms with van der Waals surface area (Å²) < 4.78 is 5.21. The van der Waals surface area contributed by atoms with Crippen LogP contribution in [-0.2, 0) is 4.74 Å². The third-order valence-electron chi connectivity index (χ3n) is 2.60. The molecule has 0 atom stereocenters. The summed E-state index contributed by atoms with van der Waals surface area (Å²) in [6, 6.07) is 1.65. The molecule has 1 aliphatic rings. The van der Waals surface area contributed by atoms with E-state index in [1.807, 2.05) is 4.90 Å². The predicted molar refractivity (Wildman–Crippen MR) is 58.7 cm³/mol. The molecule has 0 bridgehead atoms. The Bertz CT molecular complexity index is 402. The zero-order chi connectivity index (χ0) is 11.5. The summed E-state index contributed by atoms with van der Waals surface area (Å²) in [7, 11) is 0. The molecule has 6 heteroatoms. The van der Waals surface area contributed by atoms with Gasteiger partial charge in [0.1, 0.15) is 0 Å². The van der Waals surface area contributed by atoms with Crippen LogP contribution < -0.4 is 4.90 Å². The van der Waals surface area contributed by atoms with Gasteiger partial charge < -0.3 is 9.64 Å². The summed E-state index contributed by atoms with van der Waals surface area (Å²) in [4.78, 5) is 16.6. The first-order valence-electron chi connectivity index (χ1n) is 5.13. The molecule has 16 heavy (non-hydrogen) atoms. The van der Waals surface area contributed by atoms with E-state index in [1.165, 1.54) is 0 Å². The fraction of sp³-hybridized carbons (Fsp3) is 0.500. The molecule has 0 amide bonds. The topological polar surface area (TPSA) is 68.5 Å². The number of anilines is 1. The molecule has 1 fully saturated rings. The third kappa shape index (κ3) is 1.96. The van der Waals surface area contributed by atoms with E-state index in [2.05, 4.69) is 4.98 Å². The molecule has 86 valence electrons. The van der Waals surface area contributed by atoms with Crippen LogP contribution in [0.2, 0.25) is 0 Å². The molecule has 2 heterocycles. The number of morpholine rings is 1. The van der Waals surface area contributed by atoms with Crippen LogP contribution in [0.5, 0.6) is 0 Å². The average molecular weight is 223 g/mol. The van der Waals surface area contributed by atoms with Gasteiger partial charge in [0.2, 0.25) is 5.82 Å². The molecular formula is C10H13N3O3. The molecule has 1 aromatic heterocycles. The number of nitro groups is 1. The molecule has 1 aliphatic heterocycles. The smallest absolute Gasteiger partial charge is 0.314 e. The number of nitrogens with zero attached hydrogens (tertiary/aromatic N) is 3. The van der Waals surface area contributed by atoms with Gasteiger partial charge in [0.25, 0.3) is 0 Å². The van der Waals surface area contributed by atoms with Crippen LogP contribution in [0.15, 0.2) is 12.3 Å². The zero-order valence-corrected chi connectivity index (χ0v) is 9.05. The van der Waals surface area contributed by atoms with Crippen molar-refractivity contribution in [2.24, 2.45) is 0 Å². The highest BCUT2D eigenvalue weighted by Gasteiger charge is 2.24. The second-order valence-electron chi connectivity index (χ2n) is 3.66. The van der Waals surface area contributed by atoms with Crippen molar-refractivity contribution in [2.45, 2.75) is 6.92 Å². The quantitative estimate of drug-likeness (QED) is 0.555. The first kappa shape index (κ1) is 10.8. The Kier molecular flexibility index (Phi) is 3.00. The van der Waals surface area contributed by atoms with E-state index in [0.717, 1.165) is 0 Å². The Labute approximate surface area is 93.0 Å². The second-order valence-corrected chi connectivity index (χ2v) is 3.66. The number of aryl methyl sites for hydroxylation is 1. The summed E-state index contributed by atoms with van der Waals surface area (Å²) in [5.74, 6) is 0.452. The molecule has 0 spiro atoms. The third-order valence-corrected chi connectivity index (χ3v) is 2.60.